The molecule has 0 saturated carbocycles. The van der Waals surface area contributed by atoms with Crippen molar-refractivity contribution in [3.05, 3.63) is 35.9 Å². The minimum atomic E-state index is -0.446. The Morgan fingerprint density at radius 1 is 1.44 bits per heavy atom. The van der Waals surface area contributed by atoms with Crippen molar-refractivity contribution in [2.75, 3.05) is 6.61 Å². The lowest BCUT2D eigenvalue weighted by molar-refractivity contribution is 0.100. The van der Waals surface area contributed by atoms with E-state index in [1.165, 1.54) is 0 Å². The van der Waals surface area contributed by atoms with Gasteiger partial charge in [-0.15, -0.1) is 0 Å². The summed E-state index contributed by atoms with van der Waals surface area (Å²) in [5.41, 5.74) is 0.748. The highest BCUT2D eigenvalue weighted by Crippen LogP contribution is 2.39. The molecule has 1 saturated heterocycles. The Balaban J connectivity index is 1.71. The summed E-state index contributed by atoms with van der Waals surface area (Å²) in [6, 6.07) is 10.0. The van der Waals surface area contributed by atoms with Crippen molar-refractivity contribution in [3.8, 4) is 0 Å². The molecule has 0 aromatic heterocycles. The molecule has 0 aliphatic carbocycles. The lowest BCUT2D eigenvalue weighted by atomic mass is 10.0. The van der Waals surface area contributed by atoms with Crippen LogP contribution in [0.5, 0.6) is 0 Å². The highest BCUT2D eigenvalue weighted by Gasteiger charge is 2.55. The molecule has 0 radical (unpaired) electrons. The van der Waals surface area contributed by atoms with Gasteiger partial charge in [0.05, 0.1) is 19.3 Å². The van der Waals surface area contributed by atoms with Crippen LogP contribution in [0.3, 0.4) is 0 Å². The van der Waals surface area contributed by atoms with Gasteiger partial charge < -0.3 is 14.6 Å². The van der Waals surface area contributed by atoms with Crippen LogP contribution in [0.25, 0.3) is 0 Å². The van der Waals surface area contributed by atoms with E-state index >= 15 is 0 Å². The third-order valence-corrected chi connectivity index (χ3v) is 3.19. The molecule has 16 heavy (non-hydrogen) atoms. The lowest BCUT2D eigenvalue weighted by Crippen LogP contribution is -2.27. The Bertz CT molecular complexity index is 336. The maximum absolute atomic E-state index is 9.46. The van der Waals surface area contributed by atoms with Crippen LogP contribution in [0.15, 0.2) is 30.3 Å². The number of epoxide rings is 1. The molecule has 1 aliphatic heterocycles. The molecule has 1 N–H and O–H groups in total. The van der Waals surface area contributed by atoms with E-state index in [9.17, 15) is 5.11 Å². The zero-order valence-electron chi connectivity index (χ0n) is 9.72. The quantitative estimate of drug-likeness (QED) is 0.772. The largest absolute Gasteiger partial charge is 0.390 e. The predicted molar refractivity (Wildman–Crippen MR) is 61.1 cm³/mol. The van der Waals surface area contributed by atoms with Gasteiger partial charge in [0.15, 0.2) is 0 Å². The number of hydrogen-bond acceptors (Lipinski definition) is 3. The second-order valence-electron chi connectivity index (χ2n) is 4.47. The first kappa shape index (κ1) is 11.6. The van der Waals surface area contributed by atoms with Crippen LogP contribution in [-0.2, 0) is 16.1 Å². The topological polar surface area (TPSA) is 42.0 Å². The van der Waals surface area contributed by atoms with E-state index in [0.717, 1.165) is 5.56 Å². The molecule has 1 fully saturated rings. The number of ether oxygens (including phenoxy) is 2. The van der Waals surface area contributed by atoms with Crippen molar-refractivity contribution in [2.45, 2.75) is 38.3 Å². The average molecular weight is 222 g/mol. The standard InChI is InChI=1S/C13H18O3/c1-10(14)13(2)12(16-13)9-15-8-11-6-4-3-5-7-11/h3-7,10,12,14H,8-9H2,1-2H3/t10-,12-,13-/m0/s1. The molecule has 2 rings (SSSR count). The monoisotopic (exact) mass is 222 g/mol. The molecule has 0 unspecified atom stereocenters. The van der Waals surface area contributed by atoms with Gasteiger partial charge in [0.2, 0.25) is 0 Å². The Kier molecular flexibility index (Phi) is 3.28. The van der Waals surface area contributed by atoms with Gasteiger partial charge >= 0.3 is 0 Å². The first-order valence-electron chi connectivity index (χ1n) is 5.60. The fourth-order valence-corrected chi connectivity index (χ4v) is 1.70. The molecule has 3 heteroatoms. The van der Waals surface area contributed by atoms with E-state index in [1.54, 1.807) is 6.92 Å². The van der Waals surface area contributed by atoms with E-state index in [1.807, 2.05) is 37.3 Å². The van der Waals surface area contributed by atoms with Gasteiger partial charge in [0.25, 0.3) is 0 Å². The molecular formula is C13H18O3. The van der Waals surface area contributed by atoms with Crippen LogP contribution in [0.4, 0.5) is 0 Å². The molecule has 3 atom stereocenters. The minimum absolute atomic E-state index is 0.0243. The molecule has 3 nitrogen and oxygen atoms in total. The number of benzene rings is 1. The fourth-order valence-electron chi connectivity index (χ4n) is 1.70. The Hall–Kier alpha value is -0.900. The number of aliphatic hydroxyl groups excluding tert-OH is 1. The second-order valence-corrected chi connectivity index (χ2v) is 4.47. The van der Waals surface area contributed by atoms with Gasteiger partial charge in [-0.25, -0.2) is 0 Å². The zero-order chi connectivity index (χ0) is 11.6. The first-order chi connectivity index (χ1) is 7.63. The number of rotatable bonds is 5. The van der Waals surface area contributed by atoms with Crippen molar-refractivity contribution in [1.29, 1.82) is 0 Å². The van der Waals surface area contributed by atoms with E-state index < -0.39 is 11.7 Å². The summed E-state index contributed by atoms with van der Waals surface area (Å²) >= 11 is 0. The summed E-state index contributed by atoms with van der Waals surface area (Å²) in [5, 5.41) is 9.46. The summed E-state index contributed by atoms with van der Waals surface area (Å²) in [6.45, 7) is 4.79. The molecule has 0 bridgehead atoms. The summed E-state index contributed by atoms with van der Waals surface area (Å²) < 4.78 is 11.0. The summed E-state index contributed by atoms with van der Waals surface area (Å²) in [6.07, 6.45) is -0.422. The highest BCUT2D eigenvalue weighted by molar-refractivity contribution is 5.13. The van der Waals surface area contributed by atoms with Crippen LogP contribution < -0.4 is 0 Å². The van der Waals surface area contributed by atoms with E-state index in [2.05, 4.69) is 0 Å². The van der Waals surface area contributed by atoms with E-state index in [0.29, 0.717) is 13.2 Å². The Morgan fingerprint density at radius 3 is 2.69 bits per heavy atom. The number of hydrogen-bond donors (Lipinski definition) is 1. The zero-order valence-corrected chi connectivity index (χ0v) is 9.72. The third kappa shape index (κ3) is 2.43. The Morgan fingerprint density at radius 2 is 2.12 bits per heavy atom. The van der Waals surface area contributed by atoms with Crippen molar-refractivity contribution < 1.29 is 14.6 Å². The van der Waals surface area contributed by atoms with Crippen LogP contribution in [0.1, 0.15) is 19.4 Å². The maximum Gasteiger partial charge on any atom is 0.120 e. The van der Waals surface area contributed by atoms with Gasteiger partial charge in [0.1, 0.15) is 11.7 Å². The molecular weight excluding hydrogens is 204 g/mol. The fraction of sp³-hybridized carbons (Fsp3) is 0.538. The van der Waals surface area contributed by atoms with Crippen molar-refractivity contribution in [2.24, 2.45) is 0 Å². The molecule has 1 heterocycles. The molecule has 88 valence electrons. The Labute approximate surface area is 96.0 Å². The van der Waals surface area contributed by atoms with E-state index in [4.69, 9.17) is 9.47 Å². The van der Waals surface area contributed by atoms with Crippen LogP contribution in [-0.4, -0.2) is 29.5 Å². The van der Waals surface area contributed by atoms with Crippen molar-refractivity contribution >= 4 is 0 Å². The summed E-state index contributed by atoms with van der Waals surface area (Å²) in [7, 11) is 0. The predicted octanol–water partition coefficient (Wildman–Crippen LogP) is 1.74. The third-order valence-electron chi connectivity index (χ3n) is 3.19. The average Bonchev–Trinajstić information content (AvgIpc) is 2.93. The molecule has 0 spiro atoms. The summed E-state index contributed by atoms with van der Waals surface area (Å²) in [4.78, 5) is 0. The smallest absolute Gasteiger partial charge is 0.120 e. The van der Waals surface area contributed by atoms with Crippen LogP contribution in [0.2, 0.25) is 0 Å². The molecule has 1 aliphatic rings. The highest BCUT2D eigenvalue weighted by atomic mass is 16.6. The van der Waals surface area contributed by atoms with Crippen molar-refractivity contribution in [1.82, 2.24) is 0 Å². The maximum atomic E-state index is 9.46. The molecule has 1 aromatic carbocycles. The summed E-state index contributed by atoms with van der Waals surface area (Å²) in [5.74, 6) is 0. The molecule has 1 aromatic rings. The van der Waals surface area contributed by atoms with Gasteiger partial charge in [-0.3, -0.25) is 0 Å². The lowest BCUT2D eigenvalue weighted by Gasteiger charge is -2.09. The SMILES string of the molecule is C[C@H](O)[C@]1(C)O[C@H]1COCc1ccccc1. The molecule has 0 amide bonds. The van der Waals surface area contributed by atoms with Crippen LogP contribution >= 0.6 is 0 Å². The van der Waals surface area contributed by atoms with Gasteiger partial charge in [0, 0.05) is 0 Å². The van der Waals surface area contributed by atoms with Crippen LogP contribution in [0, 0.1) is 0 Å². The van der Waals surface area contributed by atoms with Gasteiger partial charge in [-0.05, 0) is 19.4 Å². The number of aliphatic hydroxyl groups is 1. The minimum Gasteiger partial charge on any atom is -0.390 e. The normalized spacial score (nSPS) is 30.1. The second kappa shape index (κ2) is 4.53. The first-order valence-corrected chi connectivity index (χ1v) is 5.60. The van der Waals surface area contributed by atoms with Gasteiger partial charge in [-0.1, -0.05) is 30.3 Å². The van der Waals surface area contributed by atoms with Gasteiger partial charge in [-0.2, -0.15) is 0 Å². The van der Waals surface area contributed by atoms with E-state index in [-0.39, 0.29) is 6.10 Å². The van der Waals surface area contributed by atoms with Crippen molar-refractivity contribution in [3.63, 3.8) is 0 Å².